The molecule has 0 aliphatic rings. The topological polar surface area (TPSA) is 26.0 Å². The first-order valence-corrected chi connectivity index (χ1v) is 7.43. The SMILES string of the molecule is CS(C)(C)c1ccc(SN)cc1. The minimum absolute atomic E-state index is 0.578. The first kappa shape index (κ1) is 9.96. The van der Waals surface area contributed by atoms with Gasteiger partial charge >= 0.3 is 0 Å². The second kappa shape index (κ2) is 3.73. The van der Waals surface area contributed by atoms with Gasteiger partial charge in [-0.05, 0) is 59.9 Å². The fourth-order valence-electron chi connectivity index (χ4n) is 0.926. The molecule has 0 spiro atoms. The predicted octanol–water partition coefficient (Wildman–Crippen LogP) is 2.71. The van der Waals surface area contributed by atoms with Crippen molar-refractivity contribution in [2.45, 2.75) is 9.79 Å². The third-order valence-corrected chi connectivity index (χ3v) is 3.90. The van der Waals surface area contributed by atoms with Crippen molar-refractivity contribution in [3.8, 4) is 0 Å². The minimum atomic E-state index is -0.578. The van der Waals surface area contributed by atoms with Crippen molar-refractivity contribution in [3.63, 3.8) is 0 Å². The zero-order valence-corrected chi connectivity index (χ0v) is 9.34. The Labute approximate surface area is 80.2 Å². The number of benzene rings is 1. The van der Waals surface area contributed by atoms with E-state index in [1.807, 2.05) is 0 Å². The summed E-state index contributed by atoms with van der Waals surface area (Å²) in [5.41, 5.74) is 0. The highest BCUT2D eigenvalue weighted by Gasteiger charge is 2.06. The molecule has 1 aromatic carbocycles. The van der Waals surface area contributed by atoms with Crippen LogP contribution in [0.2, 0.25) is 0 Å². The molecule has 0 heterocycles. The van der Waals surface area contributed by atoms with Crippen LogP contribution in [0.4, 0.5) is 0 Å². The quantitative estimate of drug-likeness (QED) is 0.745. The van der Waals surface area contributed by atoms with E-state index in [0.29, 0.717) is 0 Å². The second-order valence-electron chi connectivity index (χ2n) is 3.43. The van der Waals surface area contributed by atoms with Gasteiger partial charge in [0.15, 0.2) is 0 Å². The highest BCUT2D eigenvalue weighted by molar-refractivity contribution is 8.32. The van der Waals surface area contributed by atoms with Crippen LogP contribution in [0.15, 0.2) is 34.1 Å². The van der Waals surface area contributed by atoms with E-state index in [9.17, 15) is 0 Å². The fraction of sp³-hybridized carbons (Fsp3) is 0.333. The molecule has 0 amide bonds. The summed E-state index contributed by atoms with van der Waals surface area (Å²) < 4.78 is 0. The average molecular weight is 201 g/mol. The lowest BCUT2D eigenvalue weighted by atomic mass is 10.4. The highest BCUT2D eigenvalue weighted by atomic mass is 32.3. The van der Waals surface area contributed by atoms with Gasteiger partial charge in [0.1, 0.15) is 0 Å². The maximum absolute atomic E-state index is 5.43. The summed E-state index contributed by atoms with van der Waals surface area (Å²) in [5, 5.41) is 5.43. The van der Waals surface area contributed by atoms with Crippen LogP contribution < -0.4 is 5.14 Å². The molecular weight excluding hydrogens is 186 g/mol. The number of hydrogen-bond donors (Lipinski definition) is 1. The summed E-state index contributed by atoms with van der Waals surface area (Å²) >= 11 is 1.30. The Kier molecular flexibility index (Phi) is 3.09. The lowest BCUT2D eigenvalue weighted by molar-refractivity contribution is 1.34. The Bertz CT molecular complexity index is 248. The summed E-state index contributed by atoms with van der Waals surface area (Å²) in [6.45, 7) is 0. The lowest BCUT2D eigenvalue weighted by Crippen LogP contribution is -1.92. The monoisotopic (exact) mass is 201 g/mol. The molecule has 1 rings (SSSR count). The Morgan fingerprint density at radius 1 is 1.08 bits per heavy atom. The largest absolute Gasteiger partial charge is 0.274 e. The van der Waals surface area contributed by atoms with E-state index in [2.05, 4.69) is 43.0 Å². The van der Waals surface area contributed by atoms with Gasteiger partial charge in [0, 0.05) is 4.90 Å². The molecule has 2 N–H and O–H groups in total. The summed E-state index contributed by atoms with van der Waals surface area (Å²) in [6, 6.07) is 8.51. The van der Waals surface area contributed by atoms with E-state index >= 15 is 0 Å². The van der Waals surface area contributed by atoms with Crippen LogP contribution in [0.25, 0.3) is 0 Å². The summed E-state index contributed by atoms with van der Waals surface area (Å²) in [6.07, 6.45) is 6.87. The standard InChI is InChI=1S/C9H15NS2/c1-12(2,3)9-6-4-8(11-10)5-7-9/h4-7H,10H2,1-3H3. The molecule has 0 aliphatic carbocycles. The fourth-order valence-corrected chi connectivity index (χ4v) is 2.17. The van der Waals surface area contributed by atoms with Gasteiger partial charge in [0.2, 0.25) is 0 Å². The van der Waals surface area contributed by atoms with E-state index in [1.165, 1.54) is 16.8 Å². The molecule has 12 heavy (non-hydrogen) atoms. The second-order valence-corrected chi connectivity index (χ2v) is 8.28. The maximum atomic E-state index is 5.43. The number of nitrogens with two attached hydrogens (primary N) is 1. The molecule has 1 aromatic rings. The molecule has 0 aromatic heterocycles. The molecular formula is C9H15NS2. The Morgan fingerprint density at radius 2 is 1.58 bits per heavy atom. The molecule has 0 aliphatic heterocycles. The lowest BCUT2D eigenvalue weighted by Gasteiger charge is -2.25. The Hall–Kier alpha value is -0.120. The zero-order chi connectivity index (χ0) is 9.19. The first-order valence-electron chi connectivity index (χ1n) is 3.69. The number of hydrogen-bond acceptors (Lipinski definition) is 2. The summed E-state index contributed by atoms with van der Waals surface area (Å²) in [5.74, 6) is 0. The highest BCUT2D eigenvalue weighted by Crippen LogP contribution is 2.45. The van der Waals surface area contributed by atoms with Crippen LogP contribution in [0.5, 0.6) is 0 Å². The van der Waals surface area contributed by atoms with Gasteiger partial charge in [-0.15, -0.1) is 0 Å². The van der Waals surface area contributed by atoms with Gasteiger partial charge in [0.05, 0.1) is 0 Å². The minimum Gasteiger partial charge on any atom is -0.274 e. The third-order valence-electron chi connectivity index (χ3n) is 1.67. The molecule has 0 bridgehead atoms. The molecule has 3 heteroatoms. The third kappa shape index (κ3) is 2.44. The van der Waals surface area contributed by atoms with Crippen molar-refractivity contribution in [1.82, 2.24) is 0 Å². The van der Waals surface area contributed by atoms with Crippen molar-refractivity contribution in [1.29, 1.82) is 0 Å². The van der Waals surface area contributed by atoms with E-state index in [0.717, 1.165) is 4.90 Å². The van der Waals surface area contributed by atoms with Gasteiger partial charge < -0.3 is 0 Å². The zero-order valence-electron chi connectivity index (χ0n) is 7.70. The van der Waals surface area contributed by atoms with Gasteiger partial charge in [0.25, 0.3) is 0 Å². The normalized spacial score (nSPS) is 13.0. The molecule has 1 nitrogen and oxygen atoms in total. The van der Waals surface area contributed by atoms with Crippen LogP contribution >= 0.6 is 22.0 Å². The average Bonchev–Trinajstić information content (AvgIpc) is 2.03. The van der Waals surface area contributed by atoms with Crippen molar-refractivity contribution < 1.29 is 0 Å². The molecule has 0 radical (unpaired) electrons. The predicted molar refractivity (Wildman–Crippen MR) is 60.1 cm³/mol. The van der Waals surface area contributed by atoms with E-state index in [1.54, 1.807) is 0 Å². The molecule has 68 valence electrons. The van der Waals surface area contributed by atoms with Crippen LogP contribution in [-0.2, 0) is 0 Å². The molecule has 0 saturated carbocycles. The van der Waals surface area contributed by atoms with Crippen LogP contribution in [0, 0.1) is 0 Å². The van der Waals surface area contributed by atoms with Crippen LogP contribution in [-0.4, -0.2) is 18.8 Å². The van der Waals surface area contributed by atoms with Gasteiger partial charge in [-0.25, -0.2) is 10.0 Å². The van der Waals surface area contributed by atoms with E-state index < -0.39 is 10.0 Å². The first-order chi connectivity index (χ1) is 5.54. The van der Waals surface area contributed by atoms with Gasteiger partial charge in [-0.3, -0.25) is 5.14 Å². The van der Waals surface area contributed by atoms with Gasteiger partial charge in [-0.1, -0.05) is 0 Å². The number of rotatable bonds is 2. The summed E-state index contributed by atoms with van der Waals surface area (Å²) in [4.78, 5) is 2.56. The Balaban J connectivity index is 2.93. The van der Waals surface area contributed by atoms with E-state index in [-0.39, 0.29) is 0 Å². The van der Waals surface area contributed by atoms with Crippen molar-refractivity contribution in [3.05, 3.63) is 24.3 Å². The van der Waals surface area contributed by atoms with Gasteiger partial charge in [-0.2, -0.15) is 0 Å². The smallest absolute Gasteiger partial charge is 0.0226 e. The molecule has 0 unspecified atom stereocenters. The van der Waals surface area contributed by atoms with E-state index in [4.69, 9.17) is 5.14 Å². The van der Waals surface area contributed by atoms with Crippen molar-refractivity contribution in [2.24, 2.45) is 5.14 Å². The summed E-state index contributed by atoms with van der Waals surface area (Å²) in [7, 11) is -0.578. The van der Waals surface area contributed by atoms with Crippen LogP contribution in [0.1, 0.15) is 0 Å². The van der Waals surface area contributed by atoms with Crippen molar-refractivity contribution >= 4 is 22.0 Å². The maximum Gasteiger partial charge on any atom is 0.0226 e. The molecule has 0 atom stereocenters. The Morgan fingerprint density at radius 3 is 1.92 bits per heavy atom. The van der Waals surface area contributed by atoms with Crippen molar-refractivity contribution in [2.75, 3.05) is 18.8 Å². The molecule has 0 fully saturated rings. The molecule has 0 saturated heterocycles. The van der Waals surface area contributed by atoms with Crippen LogP contribution in [0.3, 0.4) is 0 Å².